The van der Waals surface area contributed by atoms with Gasteiger partial charge < -0.3 is 10.1 Å². The Morgan fingerprint density at radius 1 is 1.19 bits per heavy atom. The summed E-state index contributed by atoms with van der Waals surface area (Å²) in [7, 11) is -3.15. The van der Waals surface area contributed by atoms with Crippen LogP contribution in [0, 0.1) is 11.3 Å². The van der Waals surface area contributed by atoms with E-state index in [1.807, 2.05) is 0 Å². The third kappa shape index (κ3) is 5.85. The Balaban J connectivity index is 1.87. The number of nitrogens with one attached hydrogen (secondary N) is 1. The molecule has 1 saturated carbocycles. The van der Waals surface area contributed by atoms with Crippen LogP contribution in [0.25, 0.3) is 0 Å². The van der Waals surface area contributed by atoms with Crippen molar-refractivity contribution >= 4 is 21.7 Å². The summed E-state index contributed by atoms with van der Waals surface area (Å²) in [5.74, 6) is -1.29. The third-order valence-electron chi connectivity index (χ3n) is 4.25. The standard InChI is InChI=1S/C18H22N2O5S/c1-26(23,24)12-14-5-7-15(8-6-14)17(22)25-11-16(21)20-18(13-19)9-3-2-4-10-18/h5-8H,2-4,9-12H2,1H3,(H,20,21). The van der Waals surface area contributed by atoms with Crippen molar-refractivity contribution in [3.63, 3.8) is 0 Å². The zero-order chi connectivity index (χ0) is 19.2. The Bertz CT molecular complexity index is 803. The Kier molecular flexibility index (Phi) is 6.37. The van der Waals surface area contributed by atoms with Gasteiger partial charge in [0, 0.05) is 6.26 Å². The summed E-state index contributed by atoms with van der Waals surface area (Å²) < 4.78 is 27.5. The first-order valence-corrected chi connectivity index (χ1v) is 10.5. The van der Waals surface area contributed by atoms with Crippen molar-refractivity contribution in [2.24, 2.45) is 0 Å². The fourth-order valence-electron chi connectivity index (χ4n) is 2.98. The van der Waals surface area contributed by atoms with Crippen LogP contribution in [0.2, 0.25) is 0 Å². The molecule has 0 radical (unpaired) electrons. The largest absolute Gasteiger partial charge is 0.452 e. The maximum Gasteiger partial charge on any atom is 0.338 e. The summed E-state index contributed by atoms with van der Waals surface area (Å²) in [6, 6.07) is 8.15. The van der Waals surface area contributed by atoms with Crippen molar-refractivity contribution in [1.82, 2.24) is 5.32 Å². The summed E-state index contributed by atoms with van der Waals surface area (Å²) in [6.07, 6.45) is 5.15. The van der Waals surface area contributed by atoms with Gasteiger partial charge in [0.1, 0.15) is 5.54 Å². The summed E-state index contributed by atoms with van der Waals surface area (Å²) in [4.78, 5) is 24.0. The minimum Gasteiger partial charge on any atom is -0.452 e. The van der Waals surface area contributed by atoms with E-state index in [1.54, 1.807) is 0 Å². The van der Waals surface area contributed by atoms with Crippen LogP contribution in [0.15, 0.2) is 24.3 Å². The second kappa shape index (κ2) is 8.32. The lowest BCUT2D eigenvalue weighted by Crippen LogP contribution is -2.50. The molecule has 1 aliphatic rings. The molecule has 0 bridgehead atoms. The number of carbonyl (C=O) groups is 2. The molecule has 140 valence electrons. The van der Waals surface area contributed by atoms with Crippen molar-refractivity contribution in [3.05, 3.63) is 35.4 Å². The molecule has 1 amide bonds. The van der Waals surface area contributed by atoms with Crippen LogP contribution in [0.3, 0.4) is 0 Å². The van der Waals surface area contributed by atoms with E-state index in [4.69, 9.17) is 4.74 Å². The highest BCUT2D eigenvalue weighted by atomic mass is 32.2. The third-order valence-corrected chi connectivity index (χ3v) is 5.11. The molecule has 0 unspecified atom stereocenters. The summed E-state index contributed by atoms with van der Waals surface area (Å²) in [5, 5.41) is 12.0. The van der Waals surface area contributed by atoms with Gasteiger partial charge in [0.2, 0.25) is 0 Å². The Labute approximate surface area is 153 Å². The van der Waals surface area contributed by atoms with Gasteiger partial charge in [-0.25, -0.2) is 13.2 Å². The number of rotatable bonds is 6. The first kappa shape index (κ1) is 19.9. The average Bonchev–Trinajstić information content (AvgIpc) is 2.60. The minimum absolute atomic E-state index is 0.110. The Hall–Kier alpha value is -2.40. The lowest BCUT2D eigenvalue weighted by Gasteiger charge is -2.31. The monoisotopic (exact) mass is 378 g/mol. The lowest BCUT2D eigenvalue weighted by atomic mass is 9.83. The van der Waals surface area contributed by atoms with Gasteiger partial charge in [-0.1, -0.05) is 31.4 Å². The second-order valence-electron chi connectivity index (χ2n) is 6.65. The van der Waals surface area contributed by atoms with Crippen LogP contribution in [-0.4, -0.2) is 38.7 Å². The molecule has 1 N–H and O–H groups in total. The van der Waals surface area contributed by atoms with Crippen LogP contribution in [0.5, 0.6) is 0 Å². The number of nitriles is 1. The summed E-state index contributed by atoms with van der Waals surface area (Å²) in [5.41, 5.74) is -0.0764. The molecule has 0 aromatic heterocycles. The fraction of sp³-hybridized carbons (Fsp3) is 0.500. The number of nitrogens with zero attached hydrogens (tertiary/aromatic N) is 1. The number of benzene rings is 1. The molecular formula is C18H22N2O5S. The fourth-order valence-corrected chi connectivity index (χ4v) is 3.78. The highest BCUT2D eigenvalue weighted by molar-refractivity contribution is 7.89. The molecule has 7 nitrogen and oxygen atoms in total. The van der Waals surface area contributed by atoms with Crippen molar-refractivity contribution in [3.8, 4) is 6.07 Å². The van der Waals surface area contributed by atoms with E-state index in [0.717, 1.165) is 25.5 Å². The molecule has 1 aromatic rings. The normalized spacial score (nSPS) is 16.3. The molecule has 0 saturated heterocycles. The molecular weight excluding hydrogens is 356 g/mol. The minimum atomic E-state index is -3.15. The molecule has 1 fully saturated rings. The van der Waals surface area contributed by atoms with Crippen molar-refractivity contribution in [2.75, 3.05) is 12.9 Å². The predicted octanol–water partition coefficient (Wildman–Crippen LogP) is 1.73. The lowest BCUT2D eigenvalue weighted by molar-refractivity contribution is -0.125. The van der Waals surface area contributed by atoms with Gasteiger partial charge in [-0.2, -0.15) is 5.26 Å². The van der Waals surface area contributed by atoms with E-state index in [2.05, 4.69) is 11.4 Å². The Morgan fingerprint density at radius 2 is 1.81 bits per heavy atom. The highest BCUT2D eigenvalue weighted by Gasteiger charge is 2.33. The first-order chi connectivity index (χ1) is 12.2. The second-order valence-corrected chi connectivity index (χ2v) is 8.79. The zero-order valence-corrected chi connectivity index (χ0v) is 15.5. The van der Waals surface area contributed by atoms with Gasteiger partial charge in [-0.15, -0.1) is 0 Å². The highest BCUT2D eigenvalue weighted by Crippen LogP contribution is 2.27. The number of amides is 1. The van der Waals surface area contributed by atoms with Gasteiger partial charge in [0.05, 0.1) is 17.4 Å². The molecule has 26 heavy (non-hydrogen) atoms. The summed E-state index contributed by atoms with van der Waals surface area (Å²) >= 11 is 0. The zero-order valence-electron chi connectivity index (χ0n) is 14.7. The van der Waals surface area contributed by atoms with E-state index in [-0.39, 0.29) is 11.3 Å². The van der Waals surface area contributed by atoms with Crippen LogP contribution in [0.1, 0.15) is 48.0 Å². The number of ether oxygens (including phenoxy) is 1. The van der Waals surface area contributed by atoms with E-state index >= 15 is 0 Å². The van der Waals surface area contributed by atoms with Gasteiger partial charge in [-0.05, 0) is 30.5 Å². The van der Waals surface area contributed by atoms with Crippen LogP contribution < -0.4 is 5.32 Å². The van der Waals surface area contributed by atoms with E-state index < -0.39 is 33.9 Å². The molecule has 2 rings (SSSR count). The SMILES string of the molecule is CS(=O)(=O)Cc1ccc(C(=O)OCC(=O)NC2(C#N)CCCCC2)cc1. The van der Waals surface area contributed by atoms with Gasteiger partial charge in [0.15, 0.2) is 16.4 Å². The van der Waals surface area contributed by atoms with Crippen LogP contribution in [0.4, 0.5) is 0 Å². The van der Waals surface area contributed by atoms with Gasteiger partial charge in [0.25, 0.3) is 5.91 Å². The number of hydrogen-bond acceptors (Lipinski definition) is 6. The van der Waals surface area contributed by atoms with Crippen LogP contribution in [-0.2, 0) is 25.1 Å². The van der Waals surface area contributed by atoms with Crippen molar-refractivity contribution < 1.29 is 22.7 Å². The number of esters is 1. The smallest absolute Gasteiger partial charge is 0.338 e. The van der Waals surface area contributed by atoms with Gasteiger partial charge in [-0.3, -0.25) is 4.79 Å². The molecule has 8 heteroatoms. The molecule has 0 heterocycles. The van der Waals surface area contributed by atoms with E-state index in [9.17, 15) is 23.3 Å². The molecule has 0 aliphatic heterocycles. The molecule has 0 atom stereocenters. The topological polar surface area (TPSA) is 113 Å². The number of hydrogen-bond donors (Lipinski definition) is 1. The van der Waals surface area contributed by atoms with E-state index in [0.29, 0.717) is 18.4 Å². The summed E-state index contributed by atoms with van der Waals surface area (Å²) in [6.45, 7) is -0.465. The number of sulfone groups is 1. The number of carbonyl (C=O) groups excluding carboxylic acids is 2. The quantitative estimate of drug-likeness (QED) is 0.754. The maximum absolute atomic E-state index is 12.0. The molecule has 1 aromatic carbocycles. The van der Waals surface area contributed by atoms with E-state index in [1.165, 1.54) is 24.3 Å². The van der Waals surface area contributed by atoms with Gasteiger partial charge >= 0.3 is 5.97 Å². The molecule has 1 aliphatic carbocycles. The average molecular weight is 378 g/mol. The Morgan fingerprint density at radius 3 is 2.35 bits per heavy atom. The first-order valence-electron chi connectivity index (χ1n) is 8.39. The predicted molar refractivity (Wildman–Crippen MR) is 94.8 cm³/mol. The van der Waals surface area contributed by atoms with Crippen molar-refractivity contribution in [1.29, 1.82) is 5.26 Å². The van der Waals surface area contributed by atoms with Crippen LogP contribution >= 0.6 is 0 Å². The van der Waals surface area contributed by atoms with Crippen molar-refractivity contribution in [2.45, 2.75) is 43.4 Å². The maximum atomic E-state index is 12.0. The molecule has 0 spiro atoms.